The van der Waals surface area contributed by atoms with Crippen LogP contribution in [0.15, 0.2) is 40.6 Å². The number of fused-ring (bicyclic) bond motifs is 1. The van der Waals surface area contributed by atoms with Crippen molar-refractivity contribution in [2.24, 2.45) is 0 Å². The molecule has 1 atom stereocenters. The summed E-state index contributed by atoms with van der Waals surface area (Å²) in [5.41, 5.74) is 1.93. The van der Waals surface area contributed by atoms with E-state index in [1.54, 1.807) is 10.3 Å². The number of piperidine rings is 1. The topological polar surface area (TPSA) is 84.0 Å². The Balaban J connectivity index is 1.47. The molecule has 0 aliphatic carbocycles. The maximum Gasteiger partial charge on any atom is 0.350 e. The molecule has 1 fully saturated rings. The van der Waals surface area contributed by atoms with Gasteiger partial charge in [-0.15, -0.1) is 11.3 Å². The summed E-state index contributed by atoms with van der Waals surface area (Å²) in [7, 11) is -3.75. The Hall–Kier alpha value is -2.23. The Labute approximate surface area is 186 Å². The van der Waals surface area contributed by atoms with Gasteiger partial charge in [-0.05, 0) is 55.7 Å². The minimum Gasteiger partial charge on any atom is -0.451 e. The number of thiophene rings is 1. The summed E-state index contributed by atoms with van der Waals surface area (Å²) in [4.78, 5) is 27.3. The molecular formula is C22H26N2O5S2. The molecular weight excluding hydrogens is 436 g/mol. The number of carbonyl (C=O) groups is 2. The number of hydrogen-bond acceptors (Lipinski definition) is 6. The zero-order chi connectivity index (χ0) is 22.0. The van der Waals surface area contributed by atoms with Crippen molar-refractivity contribution in [3.8, 4) is 0 Å². The lowest BCUT2D eigenvalue weighted by atomic mass is 9.96. The molecule has 166 valence electrons. The molecule has 0 spiro atoms. The normalized spacial score (nSPS) is 19.6. The fourth-order valence-corrected chi connectivity index (χ4v) is 7.03. The van der Waals surface area contributed by atoms with Gasteiger partial charge in [0, 0.05) is 24.8 Å². The van der Waals surface area contributed by atoms with Crippen molar-refractivity contribution in [1.29, 1.82) is 0 Å². The molecule has 0 bridgehead atoms. The number of rotatable bonds is 5. The first-order valence-corrected chi connectivity index (χ1v) is 12.9. The quantitative estimate of drug-likeness (QED) is 0.636. The van der Waals surface area contributed by atoms with Gasteiger partial charge in [0.2, 0.25) is 10.0 Å². The molecule has 0 saturated carbocycles. The van der Waals surface area contributed by atoms with Crippen LogP contribution >= 0.6 is 11.3 Å². The maximum atomic E-state index is 13.0. The lowest BCUT2D eigenvalue weighted by Gasteiger charge is -2.35. The largest absolute Gasteiger partial charge is 0.451 e. The first-order valence-electron chi connectivity index (χ1n) is 10.5. The van der Waals surface area contributed by atoms with Crippen LogP contribution in [0.4, 0.5) is 5.69 Å². The number of hydrogen-bond donors (Lipinski definition) is 0. The number of ether oxygens (including phenoxy) is 1. The summed E-state index contributed by atoms with van der Waals surface area (Å²) >= 11 is 1.02. The number of carbonyl (C=O) groups excluding carboxylic acids is 2. The molecule has 0 N–H and O–H groups in total. The minimum absolute atomic E-state index is 0.00196. The fraction of sp³-hybridized carbons (Fsp3) is 0.455. The van der Waals surface area contributed by atoms with Gasteiger partial charge < -0.3 is 9.64 Å². The standard InChI is InChI=1S/C22H26N2O5S2/c1-16-9-10-17-7-3-4-8-18(17)24(16)20(25)15-29-22(26)21-19(11-14-30-21)31(27,28)23-12-5-2-6-13-23/h3-4,7-8,11,14,16H,2,5-6,9-10,12-13,15H2,1H3/t16-/m1/s1. The van der Waals surface area contributed by atoms with Crippen molar-refractivity contribution < 1.29 is 22.7 Å². The number of benzene rings is 1. The summed E-state index contributed by atoms with van der Waals surface area (Å²) in [6.07, 6.45) is 4.36. The van der Waals surface area contributed by atoms with E-state index in [-0.39, 0.29) is 21.7 Å². The van der Waals surface area contributed by atoms with Crippen molar-refractivity contribution in [2.75, 3.05) is 24.6 Å². The average Bonchev–Trinajstić information content (AvgIpc) is 3.29. The van der Waals surface area contributed by atoms with Gasteiger partial charge >= 0.3 is 5.97 Å². The van der Waals surface area contributed by atoms with Crippen molar-refractivity contribution >= 4 is 38.9 Å². The van der Waals surface area contributed by atoms with Crippen LogP contribution in [-0.2, 0) is 26.0 Å². The van der Waals surface area contributed by atoms with Gasteiger partial charge in [0.15, 0.2) is 6.61 Å². The van der Waals surface area contributed by atoms with Crippen LogP contribution < -0.4 is 4.90 Å². The highest BCUT2D eigenvalue weighted by Crippen LogP contribution is 2.31. The van der Waals surface area contributed by atoms with Gasteiger partial charge in [0.25, 0.3) is 5.91 Å². The van der Waals surface area contributed by atoms with Gasteiger partial charge in [0.05, 0.1) is 0 Å². The first-order chi connectivity index (χ1) is 14.9. The van der Waals surface area contributed by atoms with Crippen LogP contribution in [0.5, 0.6) is 0 Å². The zero-order valence-electron chi connectivity index (χ0n) is 17.5. The van der Waals surface area contributed by atoms with E-state index in [1.165, 1.54) is 10.4 Å². The smallest absolute Gasteiger partial charge is 0.350 e. The molecule has 1 saturated heterocycles. The highest BCUT2D eigenvalue weighted by molar-refractivity contribution is 7.89. The molecule has 1 aromatic carbocycles. The van der Waals surface area contributed by atoms with Gasteiger partial charge in [-0.3, -0.25) is 4.79 Å². The minimum atomic E-state index is -3.75. The highest BCUT2D eigenvalue weighted by atomic mass is 32.2. The Morgan fingerprint density at radius 3 is 2.65 bits per heavy atom. The first kappa shape index (κ1) is 22.0. The molecule has 9 heteroatoms. The van der Waals surface area contributed by atoms with Crippen molar-refractivity contribution in [3.63, 3.8) is 0 Å². The van der Waals surface area contributed by atoms with Gasteiger partial charge in [-0.2, -0.15) is 4.31 Å². The van der Waals surface area contributed by atoms with E-state index in [2.05, 4.69) is 0 Å². The molecule has 31 heavy (non-hydrogen) atoms. The summed E-state index contributed by atoms with van der Waals surface area (Å²) in [6.45, 7) is 2.45. The molecule has 0 unspecified atom stereocenters. The number of anilines is 1. The van der Waals surface area contributed by atoms with Gasteiger partial charge in [0.1, 0.15) is 9.77 Å². The van der Waals surface area contributed by atoms with E-state index in [0.717, 1.165) is 54.7 Å². The number of aryl methyl sites for hydroxylation is 1. The highest BCUT2D eigenvalue weighted by Gasteiger charge is 2.33. The molecule has 7 nitrogen and oxygen atoms in total. The predicted molar refractivity (Wildman–Crippen MR) is 119 cm³/mol. The summed E-state index contributed by atoms with van der Waals surface area (Å²) in [6, 6.07) is 9.16. The second-order valence-corrected chi connectivity index (χ2v) is 10.8. The summed E-state index contributed by atoms with van der Waals surface area (Å²) in [5.74, 6) is -1.10. The third-order valence-electron chi connectivity index (χ3n) is 5.87. The summed E-state index contributed by atoms with van der Waals surface area (Å²) in [5, 5.41) is 1.57. The van der Waals surface area contributed by atoms with E-state index < -0.39 is 22.6 Å². The number of esters is 1. The maximum absolute atomic E-state index is 13.0. The predicted octanol–water partition coefficient (Wildman–Crippen LogP) is 3.45. The molecule has 4 rings (SSSR count). The SMILES string of the molecule is C[C@@H]1CCc2ccccc2N1C(=O)COC(=O)c1sccc1S(=O)(=O)N1CCCCC1. The van der Waals surface area contributed by atoms with Crippen LogP contribution in [0.2, 0.25) is 0 Å². The van der Waals surface area contributed by atoms with E-state index >= 15 is 0 Å². The third-order valence-corrected chi connectivity index (χ3v) is 8.83. The molecule has 2 aromatic rings. The van der Waals surface area contributed by atoms with Crippen molar-refractivity contribution in [2.45, 2.75) is 50.0 Å². The van der Waals surface area contributed by atoms with E-state index in [1.807, 2.05) is 31.2 Å². The third kappa shape index (κ3) is 4.40. The number of para-hydroxylation sites is 1. The molecule has 0 radical (unpaired) electrons. The van der Waals surface area contributed by atoms with Crippen LogP contribution in [-0.4, -0.2) is 50.3 Å². The molecule has 2 aliphatic heterocycles. The van der Waals surface area contributed by atoms with Gasteiger partial charge in [-0.1, -0.05) is 24.6 Å². The van der Waals surface area contributed by atoms with E-state index in [4.69, 9.17) is 4.74 Å². The molecule has 1 amide bonds. The second-order valence-electron chi connectivity index (χ2n) is 7.94. The van der Waals surface area contributed by atoms with Crippen LogP contribution in [0.1, 0.15) is 47.8 Å². The van der Waals surface area contributed by atoms with Crippen LogP contribution in [0, 0.1) is 0 Å². The Morgan fingerprint density at radius 2 is 1.87 bits per heavy atom. The number of nitrogens with zero attached hydrogens (tertiary/aromatic N) is 2. The van der Waals surface area contributed by atoms with E-state index in [9.17, 15) is 18.0 Å². The Kier molecular flexibility index (Phi) is 6.45. The van der Waals surface area contributed by atoms with E-state index in [0.29, 0.717) is 13.1 Å². The Morgan fingerprint density at radius 1 is 1.13 bits per heavy atom. The average molecular weight is 463 g/mol. The lowest BCUT2D eigenvalue weighted by Crippen LogP contribution is -2.44. The summed E-state index contributed by atoms with van der Waals surface area (Å²) < 4.78 is 32.7. The van der Waals surface area contributed by atoms with Crippen molar-refractivity contribution in [3.05, 3.63) is 46.2 Å². The molecule has 2 aliphatic rings. The molecule has 1 aromatic heterocycles. The van der Waals surface area contributed by atoms with Crippen molar-refractivity contribution in [1.82, 2.24) is 4.31 Å². The zero-order valence-corrected chi connectivity index (χ0v) is 19.1. The Bertz CT molecular complexity index is 1070. The molecule has 3 heterocycles. The number of amides is 1. The van der Waals surface area contributed by atoms with Crippen LogP contribution in [0.3, 0.4) is 0 Å². The lowest BCUT2D eigenvalue weighted by molar-refractivity contribution is -0.122. The number of sulfonamides is 1. The monoisotopic (exact) mass is 462 g/mol. The van der Waals surface area contributed by atoms with Crippen LogP contribution in [0.25, 0.3) is 0 Å². The fourth-order valence-electron chi connectivity index (χ4n) is 4.22. The van der Waals surface area contributed by atoms with Gasteiger partial charge in [-0.25, -0.2) is 13.2 Å². The second kappa shape index (κ2) is 9.10.